The van der Waals surface area contributed by atoms with Gasteiger partial charge in [-0.3, -0.25) is 4.57 Å². The van der Waals surface area contributed by atoms with Crippen molar-refractivity contribution in [2.45, 2.75) is 45.3 Å². The quantitative estimate of drug-likeness (QED) is 0.229. The number of hydrogen-bond acceptors (Lipinski definition) is 7. The largest absolute Gasteiger partial charge is 0.358 e. The summed E-state index contributed by atoms with van der Waals surface area (Å²) in [5.74, 6) is 0. The molecule has 5 rings (SSSR count). The number of anilines is 2. The van der Waals surface area contributed by atoms with Gasteiger partial charge in [0.2, 0.25) is 10.9 Å². The van der Waals surface area contributed by atoms with Crippen LogP contribution in [0.15, 0.2) is 55.1 Å². The van der Waals surface area contributed by atoms with E-state index in [1.165, 1.54) is 0 Å². The number of rotatable bonds is 9. The van der Waals surface area contributed by atoms with Crippen LogP contribution in [0, 0.1) is 6.92 Å². The molecule has 2 aromatic heterocycles. The van der Waals surface area contributed by atoms with Gasteiger partial charge < -0.3 is 10.1 Å². The number of aromatic nitrogens is 4. The van der Waals surface area contributed by atoms with Crippen LogP contribution in [0.2, 0.25) is 0 Å². The Bertz CT molecular complexity index is 1420. The van der Waals surface area contributed by atoms with E-state index in [4.69, 9.17) is 4.74 Å². The molecule has 1 unspecified atom stereocenters. The molecule has 3 heterocycles. The molecule has 2 N–H and O–H groups in total. The maximum absolute atomic E-state index is 10.7. The molecule has 0 bridgehead atoms. The summed E-state index contributed by atoms with van der Waals surface area (Å²) in [6, 6.07) is 14.3. The molecule has 1 aliphatic heterocycles. The van der Waals surface area contributed by atoms with Crippen molar-refractivity contribution in [3.05, 3.63) is 66.2 Å². The van der Waals surface area contributed by atoms with Crippen LogP contribution in [-0.4, -0.2) is 41.1 Å². The number of hydrogen-bond donors (Lipinski definition) is 3. The lowest BCUT2D eigenvalue weighted by Crippen LogP contribution is -2.17. The van der Waals surface area contributed by atoms with E-state index in [0.29, 0.717) is 6.54 Å². The molecular formula is C26H30N6O3S. The zero-order valence-corrected chi connectivity index (χ0v) is 21.1. The number of benzene rings is 2. The highest BCUT2D eigenvalue weighted by Gasteiger charge is 2.21. The first-order valence-corrected chi connectivity index (χ1v) is 13.4. The third kappa shape index (κ3) is 5.40. The predicted octanol–water partition coefficient (Wildman–Crippen LogP) is 4.29. The van der Waals surface area contributed by atoms with Crippen LogP contribution in [0.3, 0.4) is 0 Å². The second kappa shape index (κ2) is 11.2. The van der Waals surface area contributed by atoms with Crippen LogP contribution in [0.5, 0.6) is 0 Å². The molecule has 2 aromatic carbocycles. The fraction of sp³-hybridized carbons (Fsp3) is 0.346. The Kier molecular flexibility index (Phi) is 7.55. The van der Waals surface area contributed by atoms with Crippen LogP contribution in [-0.2, 0) is 22.0 Å². The van der Waals surface area contributed by atoms with Gasteiger partial charge in [0.05, 0.1) is 6.33 Å². The Hall–Kier alpha value is -3.34. The van der Waals surface area contributed by atoms with E-state index in [1.54, 1.807) is 12.7 Å². The molecule has 1 saturated heterocycles. The van der Waals surface area contributed by atoms with E-state index in [9.17, 15) is 8.42 Å². The minimum atomic E-state index is -2.55. The molecule has 1 fully saturated rings. The molecule has 4 aromatic rings. The van der Waals surface area contributed by atoms with Crippen molar-refractivity contribution in [3.63, 3.8) is 0 Å². The Morgan fingerprint density at radius 2 is 1.97 bits per heavy atom. The lowest BCUT2D eigenvalue weighted by molar-refractivity contribution is -0.0298. The monoisotopic (exact) mass is 506 g/mol. The van der Waals surface area contributed by atoms with Gasteiger partial charge in [-0.1, -0.05) is 30.3 Å². The Morgan fingerprint density at radius 1 is 1.08 bits per heavy atom. The average Bonchev–Trinajstić information content (AvgIpc) is 3.34. The van der Waals surface area contributed by atoms with Crippen LogP contribution < -0.4 is 10.0 Å². The molecule has 0 amide bonds. The zero-order chi connectivity index (χ0) is 24.9. The first-order valence-electron chi connectivity index (χ1n) is 12.2. The summed E-state index contributed by atoms with van der Waals surface area (Å²) in [7, 11) is -2.55. The highest BCUT2D eigenvalue weighted by molar-refractivity contribution is 7.70. The van der Waals surface area contributed by atoms with E-state index in [-0.39, 0.29) is 6.23 Å². The molecule has 1 aliphatic rings. The van der Waals surface area contributed by atoms with Crippen LogP contribution in [0.25, 0.3) is 22.4 Å². The van der Waals surface area contributed by atoms with Crippen molar-refractivity contribution in [3.8, 4) is 11.3 Å². The summed E-state index contributed by atoms with van der Waals surface area (Å²) >= 11 is 0. The van der Waals surface area contributed by atoms with E-state index < -0.39 is 10.9 Å². The molecule has 0 saturated carbocycles. The molecule has 36 heavy (non-hydrogen) atoms. The molecule has 10 heteroatoms. The maximum atomic E-state index is 10.7. The third-order valence-corrected chi connectivity index (χ3v) is 6.94. The summed E-state index contributed by atoms with van der Waals surface area (Å²) in [6.45, 7) is 3.25. The van der Waals surface area contributed by atoms with Gasteiger partial charge in [-0.15, -0.1) is 0 Å². The molecule has 1 atom stereocenters. The SMILES string of the molecule is Cc1ccc(CCCN[SH](=O)=O)cc1Nc1ccccc1-c1ncnc2c1ncn2C1CCCCO1. The van der Waals surface area contributed by atoms with Crippen LogP contribution >= 0.6 is 0 Å². The number of aryl methyl sites for hydroxylation is 2. The standard InChI is InChI=1S/C26H30N6O3S/c1-18-11-12-19(7-6-13-30-36(33)34)15-22(18)31-21-9-3-2-8-20(21)24-25-26(28-16-27-24)32(17-29-25)23-10-4-5-14-35-23/h2-3,8-9,11-12,15-17,23,31,36H,4-7,10,13-14H2,1H3,(H,30,33,34). The Balaban J connectivity index is 1.43. The lowest BCUT2D eigenvalue weighted by Gasteiger charge is -2.23. The maximum Gasteiger partial charge on any atom is 0.201 e. The fourth-order valence-corrected chi connectivity index (χ4v) is 4.91. The van der Waals surface area contributed by atoms with Gasteiger partial charge in [0, 0.05) is 30.1 Å². The second-order valence-electron chi connectivity index (χ2n) is 8.96. The van der Waals surface area contributed by atoms with Gasteiger partial charge in [0.15, 0.2) is 5.65 Å². The van der Waals surface area contributed by atoms with Gasteiger partial charge in [-0.2, -0.15) is 0 Å². The summed E-state index contributed by atoms with van der Waals surface area (Å²) in [5, 5.41) is 3.59. The predicted molar refractivity (Wildman–Crippen MR) is 141 cm³/mol. The number of nitrogens with zero attached hydrogens (tertiary/aromatic N) is 4. The summed E-state index contributed by atoms with van der Waals surface area (Å²) < 4.78 is 31.9. The number of nitrogens with one attached hydrogen (secondary N) is 2. The second-order valence-corrected chi connectivity index (χ2v) is 9.79. The first kappa shape index (κ1) is 24.4. The van der Waals surface area contributed by atoms with E-state index in [1.807, 2.05) is 28.8 Å². The topological polar surface area (TPSA) is 111 Å². The minimum Gasteiger partial charge on any atom is -0.358 e. The summed E-state index contributed by atoms with van der Waals surface area (Å²) in [6.07, 6.45) is 8.02. The molecule has 0 radical (unpaired) electrons. The zero-order valence-electron chi connectivity index (χ0n) is 20.2. The average molecular weight is 507 g/mol. The number of thiol groups is 1. The number of imidazole rings is 1. The third-order valence-electron chi connectivity index (χ3n) is 6.46. The van der Waals surface area contributed by atoms with Crippen molar-refractivity contribution in [1.82, 2.24) is 24.2 Å². The number of fused-ring (bicyclic) bond motifs is 1. The van der Waals surface area contributed by atoms with E-state index in [0.717, 1.165) is 83.6 Å². The normalized spacial score (nSPS) is 16.0. The summed E-state index contributed by atoms with van der Waals surface area (Å²) in [5.41, 5.74) is 7.39. The Morgan fingerprint density at radius 3 is 2.81 bits per heavy atom. The lowest BCUT2D eigenvalue weighted by atomic mass is 10.0. The summed E-state index contributed by atoms with van der Waals surface area (Å²) in [4.78, 5) is 13.8. The van der Waals surface area contributed by atoms with Crippen molar-refractivity contribution >= 4 is 33.4 Å². The van der Waals surface area contributed by atoms with Crippen molar-refractivity contribution in [2.24, 2.45) is 0 Å². The molecule has 9 nitrogen and oxygen atoms in total. The van der Waals surface area contributed by atoms with Crippen LogP contribution in [0.4, 0.5) is 11.4 Å². The molecule has 0 spiro atoms. The van der Waals surface area contributed by atoms with Crippen molar-refractivity contribution in [1.29, 1.82) is 0 Å². The number of ether oxygens (including phenoxy) is 1. The fourth-order valence-electron chi connectivity index (χ4n) is 4.57. The highest BCUT2D eigenvalue weighted by Crippen LogP contribution is 2.34. The number of para-hydroxylation sites is 1. The Labute approximate surface area is 212 Å². The highest BCUT2D eigenvalue weighted by atomic mass is 32.2. The minimum absolute atomic E-state index is 0.0466. The van der Waals surface area contributed by atoms with Crippen molar-refractivity contribution in [2.75, 3.05) is 18.5 Å². The van der Waals surface area contributed by atoms with Gasteiger partial charge >= 0.3 is 0 Å². The molecular weight excluding hydrogens is 476 g/mol. The van der Waals surface area contributed by atoms with E-state index >= 15 is 0 Å². The van der Waals surface area contributed by atoms with E-state index in [2.05, 4.69) is 50.1 Å². The van der Waals surface area contributed by atoms with Gasteiger partial charge in [-0.25, -0.2) is 28.1 Å². The molecule has 0 aliphatic carbocycles. The molecule has 188 valence electrons. The van der Waals surface area contributed by atoms with Crippen molar-refractivity contribution < 1.29 is 13.2 Å². The van der Waals surface area contributed by atoms with Gasteiger partial charge in [0.1, 0.15) is 23.8 Å². The smallest absolute Gasteiger partial charge is 0.201 e. The van der Waals surface area contributed by atoms with Gasteiger partial charge in [-0.05, 0) is 62.3 Å². The van der Waals surface area contributed by atoms with Gasteiger partial charge in [0.25, 0.3) is 0 Å². The van der Waals surface area contributed by atoms with Crippen LogP contribution in [0.1, 0.15) is 43.0 Å². The first-order chi connectivity index (χ1) is 17.6.